The molecule has 2 amide bonds. The van der Waals surface area contributed by atoms with Gasteiger partial charge in [0.05, 0.1) is 11.4 Å². The van der Waals surface area contributed by atoms with Gasteiger partial charge in [0.2, 0.25) is 5.91 Å². The highest BCUT2D eigenvalue weighted by Gasteiger charge is 2.38. The fourth-order valence-corrected chi connectivity index (χ4v) is 3.90. The molecule has 3 heterocycles. The van der Waals surface area contributed by atoms with Crippen LogP contribution >= 0.6 is 11.8 Å². The molecule has 6 heteroatoms. The second-order valence-electron chi connectivity index (χ2n) is 5.51. The van der Waals surface area contributed by atoms with Crippen LogP contribution in [0.25, 0.3) is 0 Å². The van der Waals surface area contributed by atoms with Crippen LogP contribution in [0.2, 0.25) is 0 Å². The van der Waals surface area contributed by atoms with Crippen molar-refractivity contribution >= 4 is 23.6 Å². The van der Waals surface area contributed by atoms with E-state index in [-0.39, 0.29) is 17.9 Å². The second kappa shape index (κ2) is 6.05. The lowest BCUT2D eigenvalue weighted by Crippen LogP contribution is -2.48. The number of carbonyl (C=O) groups excluding carboxylic acids is 2. The number of aromatic nitrogens is 1. The van der Waals surface area contributed by atoms with Crippen LogP contribution in [-0.4, -0.2) is 57.4 Å². The molecule has 1 atom stereocenters. The van der Waals surface area contributed by atoms with Crippen LogP contribution < -0.4 is 0 Å². The molecule has 0 saturated carbocycles. The maximum atomic E-state index is 12.6. The van der Waals surface area contributed by atoms with Gasteiger partial charge in [-0.2, -0.15) is 0 Å². The molecule has 0 radical (unpaired) electrons. The molecule has 5 nitrogen and oxygen atoms in total. The van der Waals surface area contributed by atoms with E-state index in [9.17, 15) is 9.59 Å². The fraction of sp³-hybridized carbons (Fsp3) is 0.533. The summed E-state index contributed by atoms with van der Waals surface area (Å²) in [4.78, 5) is 32.9. The molecule has 2 fully saturated rings. The third-order valence-electron chi connectivity index (χ3n) is 4.00. The highest BCUT2D eigenvalue weighted by Crippen LogP contribution is 2.25. The smallest absolute Gasteiger partial charge is 0.256 e. The predicted molar refractivity (Wildman–Crippen MR) is 82.1 cm³/mol. The largest absolute Gasteiger partial charge is 0.341 e. The Balaban J connectivity index is 1.75. The maximum absolute atomic E-state index is 12.6. The van der Waals surface area contributed by atoms with Gasteiger partial charge in [-0.25, -0.2) is 0 Å². The minimum Gasteiger partial charge on any atom is -0.341 e. The first-order valence-electron chi connectivity index (χ1n) is 7.27. The first-order chi connectivity index (χ1) is 10.2. The number of nitrogens with zero attached hydrogens (tertiary/aromatic N) is 3. The van der Waals surface area contributed by atoms with Crippen LogP contribution in [-0.2, 0) is 4.79 Å². The fourth-order valence-electron chi connectivity index (χ4n) is 2.76. The first-order valence-corrected chi connectivity index (χ1v) is 8.42. The summed E-state index contributed by atoms with van der Waals surface area (Å²) in [6, 6.07) is 3.29. The van der Waals surface area contributed by atoms with E-state index < -0.39 is 0 Å². The highest BCUT2D eigenvalue weighted by atomic mass is 32.2. The average molecular weight is 305 g/mol. The lowest BCUT2D eigenvalue weighted by molar-refractivity contribution is -0.133. The number of thioether (sulfide) groups is 1. The lowest BCUT2D eigenvalue weighted by Gasteiger charge is -2.27. The number of likely N-dealkylation sites (tertiary alicyclic amines) is 1. The number of pyridine rings is 1. The molecule has 0 bridgehead atoms. The molecule has 0 N–H and O–H groups in total. The van der Waals surface area contributed by atoms with Crippen molar-refractivity contribution in [3.63, 3.8) is 0 Å². The van der Waals surface area contributed by atoms with E-state index in [1.165, 1.54) is 0 Å². The summed E-state index contributed by atoms with van der Waals surface area (Å²) in [5.41, 5.74) is 1.44. The molecule has 1 aromatic heterocycles. The predicted octanol–water partition coefficient (Wildman–Crippen LogP) is 1.53. The highest BCUT2D eigenvalue weighted by molar-refractivity contribution is 7.99. The molecule has 0 aliphatic carbocycles. The zero-order chi connectivity index (χ0) is 14.8. The van der Waals surface area contributed by atoms with Crippen molar-refractivity contribution in [3.8, 4) is 0 Å². The molecule has 2 saturated heterocycles. The Bertz CT molecular complexity index is 540. The third-order valence-corrected chi connectivity index (χ3v) is 5.02. The zero-order valence-electron chi connectivity index (χ0n) is 12.1. The van der Waals surface area contributed by atoms with Gasteiger partial charge in [0.25, 0.3) is 5.91 Å². The molecule has 0 spiro atoms. The molecule has 1 aromatic rings. The monoisotopic (exact) mass is 305 g/mol. The molecule has 3 rings (SSSR count). The van der Waals surface area contributed by atoms with Crippen LogP contribution in [0.15, 0.2) is 18.3 Å². The molecular weight excluding hydrogens is 286 g/mol. The average Bonchev–Trinajstić information content (AvgIpc) is 3.18. The Morgan fingerprint density at radius 2 is 2.05 bits per heavy atom. The molecule has 2 aliphatic heterocycles. The van der Waals surface area contributed by atoms with Crippen molar-refractivity contribution in [2.24, 2.45) is 0 Å². The van der Waals surface area contributed by atoms with Gasteiger partial charge in [0.1, 0.15) is 6.04 Å². The van der Waals surface area contributed by atoms with Gasteiger partial charge in [-0.3, -0.25) is 14.6 Å². The summed E-state index contributed by atoms with van der Waals surface area (Å²) in [5.74, 6) is 1.29. The molecule has 2 aliphatic rings. The Morgan fingerprint density at radius 3 is 2.71 bits per heavy atom. The van der Waals surface area contributed by atoms with Crippen LogP contribution in [0.4, 0.5) is 0 Å². The summed E-state index contributed by atoms with van der Waals surface area (Å²) < 4.78 is 0. The number of aryl methyl sites for hydroxylation is 1. The number of amides is 2. The Hall–Kier alpha value is -1.56. The van der Waals surface area contributed by atoms with Crippen LogP contribution in [0.1, 0.15) is 28.9 Å². The minimum absolute atomic E-state index is 0.0925. The number of hydrogen-bond donors (Lipinski definition) is 0. The van der Waals surface area contributed by atoms with Crippen molar-refractivity contribution in [2.75, 3.05) is 24.7 Å². The van der Waals surface area contributed by atoms with E-state index in [4.69, 9.17) is 0 Å². The minimum atomic E-state index is -0.318. The van der Waals surface area contributed by atoms with Crippen molar-refractivity contribution in [1.29, 1.82) is 0 Å². The second-order valence-corrected chi connectivity index (χ2v) is 6.51. The van der Waals surface area contributed by atoms with Gasteiger partial charge >= 0.3 is 0 Å². The standard InChI is InChI=1S/C15H19N3O2S/c1-11-4-5-12(8-16-11)14(19)18-10-21-9-13(18)15(20)17-6-2-3-7-17/h4-5,8,13H,2-3,6-7,9-10H2,1H3/t13-/m0/s1. The van der Waals surface area contributed by atoms with Gasteiger partial charge < -0.3 is 9.80 Å². The van der Waals surface area contributed by atoms with Gasteiger partial charge in [-0.15, -0.1) is 11.8 Å². The van der Waals surface area contributed by atoms with E-state index >= 15 is 0 Å². The number of hydrogen-bond acceptors (Lipinski definition) is 4. The molecule has 0 unspecified atom stereocenters. The van der Waals surface area contributed by atoms with Gasteiger partial charge in [0.15, 0.2) is 0 Å². The first kappa shape index (κ1) is 14.4. The molecule has 0 aromatic carbocycles. The van der Waals surface area contributed by atoms with Gasteiger partial charge in [-0.1, -0.05) is 0 Å². The summed E-state index contributed by atoms with van der Waals surface area (Å²) in [6.07, 6.45) is 3.74. The summed E-state index contributed by atoms with van der Waals surface area (Å²) in [6.45, 7) is 3.54. The molecule has 112 valence electrons. The zero-order valence-corrected chi connectivity index (χ0v) is 12.9. The van der Waals surface area contributed by atoms with E-state index in [1.807, 2.05) is 17.9 Å². The number of carbonyl (C=O) groups is 2. The van der Waals surface area contributed by atoms with Crippen LogP contribution in [0, 0.1) is 6.92 Å². The molecular formula is C15H19N3O2S. The third kappa shape index (κ3) is 2.90. The Kier molecular flexibility index (Phi) is 4.14. The van der Waals surface area contributed by atoms with Gasteiger partial charge in [0, 0.05) is 30.7 Å². The van der Waals surface area contributed by atoms with Crippen LogP contribution in [0.5, 0.6) is 0 Å². The van der Waals surface area contributed by atoms with Crippen molar-refractivity contribution in [3.05, 3.63) is 29.6 Å². The lowest BCUT2D eigenvalue weighted by atomic mass is 10.2. The van der Waals surface area contributed by atoms with Crippen LogP contribution in [0.3, 0.4) is 0 Å². The maximum Gasteiger partial charge on any atom is 0.256 e. The molecule has 21 heavy (non-hydrogen) atoms. The van der Waals surface area contributed by atoms with E-state index in [1.54, 1.807) is 28.9 Å². The summed E-state index contributed by atoms with van der Waals surface area (Å²) in [5, 5.41) is 0. The number of rotatable bonds is 2. The van der Waals surface area contributed by atoms with Crippen molar-refractivity contribution in [1.82, 2.24) is 14.8 Å². The van der Waals surface area contributed by atoms with Gasteiger partial charge in [-0.05, 0) is 31.9 Å². The summed E-state index contributed by atoms with van der Waals surface area (Å²) >= 11 is 1.64. The van der Waals surface area contributed by atoms with E-state index in [0.717, 1.165) is 31.6 Å². The van der Waals surface area contributed by atoms with E-state index in [0.29, 0.717) is 17.2 Å². The summed E-state index contributed by atoms with van der Waals surface area (Å²) in [7, 11) is 0. The normalized spacial score (nSPS) is 21.9. The Labute approximate surface area is 128 Å². The topological polar surface area (TPSA) is 53.5 Å². The van der Waals surface area contributed by atoms with Crippen molar-refractivity contribution < 1.29 is 9.59 Å². The Morgan fingerprint density at radius 1 is 1.29 bits per heavy atom. The van der Waals surface area contributed by atoms with E-state index in [2.05, 4.69) is 4.98 Å². The SMILES string of the molecule is Cc1ccc(C(=O)N2CSC[C@H]2C(=O)N2CCCC2)cn1. The van der Waals surface area contributed by atoms with Crippen molar-refractivity contribution in [2.45, 2.75) is 25.8 Å². The quantitative estimate of drug-likeness (QED) is 0.831.